The molecule has 4 nitrogen and oxygen atoms in total. The largest absolute Gasteiger partial charge is 0.320 e. The molecule has 0 spiro atoms. The summed E-state index contributed by atoms with van der Waals surface area (Å²) in [7, 11) is 1.75. The van der Waals surface area contributed by atoms with E-state index < -0.39 is 0 Å². The number of aryl methyl sites for hydroxylation is 1. The van der Waals surface area contributed by atoms with Crippen LogP contribution in [0.1, 0.15) is 17.4 Å². The molecule has 1 amide bonds. The molecule has 1 aromatic heterocycles. The van der Waals surface area contributed by atoms with Crippen molar-refractivity contribution in [2.75, 3.05) is 11.1 Å². The van der Waals surface area contributed by atoms with Gasteiger partial charge < -0.3 is 5.32 Å². The fourth-order valence-corrected chi connectivity index (χ4v) is 2.39. The number of carbonyl (C=O) groups excluding carboxylic acids is 1. The normalized spacial score (nSPS) is 10.3. The summed E-state index contributed by atoms with van der Waals surface area (Å²) in [5.74, 6) is 0.831. The van der Waals surface area contributed by atoms with Gasteiger partial charge in [-0.3, -0.25) is 9.48 Å². The van der Waals surface area contributed by atoms with Crippen molar-refractivity contribution in [2.24, 2.45) is 7.05 Å². The van der Waals surface area contributed by atoms with Crippen molar-refractivity contribution in [1.29, 1.82) is 0 Å². The van der Waals surface area contributed by atoms with E-state index in [1.165, 1.54) is 0 Å². The first-order valence-corrected chi connectivity index (χ1v) is 6.72. The molecule has 18 heavy (non-hydrogen) atoms. The lowest BCUT2D eigenvalue weighted by molar-refractivity contribution is 0.101. The predicted octanol–water partition coefficient (Wildman–Crippen LogP) is 2.78. The topological polar surface area (TPSA) is 46.9 Å². The third kappa shape index (κ3) is 2.73. The van der Waals surface area contributed by atoms with Gasteiger partial charge in [0.05, 0.1) is 5.69 Å². The average molecular weight is 261 g/mol. The van der Waals surface area contributed by atoms with Crippen LogP contribution in [-0.2, 0) is 7.05 Å². The maximum absolute atomic E-state index is 12.1. The summed E-state index contributed by atoms with van der Waals surface area (Å²) in [6, 6.07) is 9.50. The second kappa shape index (κ2) is 5.73. The Balaban J connectivity index is 2.19. The van der Waals surface area contributed by atoms with Gasteiger partial charge in [0.1, 0.15) is 5.69 Å². The van der Waals surface area contributed by atoms with Crippen LogP contribution in [0.2, 0.25) is 0 Å². The second-order valence-corrected chi connectivity index (χ2v) is 5.03. The summed E-state index contributed by atoms with van der Waals surface area (Å²) < 4.78 is 1.56. The first-order valence-electron chi connectivity index (χ1n) is 5.73. The Morgan fingerprint density at radius 1 is 1.39 bits per heavy atom. The van der Waals surface area contributed by atoms with Crippen molar-refractivity contribution in [3.8, 4) is 0 Å². The van der Waals surface area contributed by atoms with Gasteiger partial charge in [-0.05, 0) is 24.0 Å². The number of amides is 1. The Kier molecular flexibility index (Phi) is 4.04. The zero-order valence-electron chi connectivity index (χ0n) is 10.4. The van der Waals surface area contributed by atoms with Gasteiger partial charge in [-0.2, -0.15) is 5.10 Å². The highest BCUT2D eigenvalue weighted by molar-refractivity contribution is 7.99. The van der Waals surface area contributed by atoms with E-state index >= 15 is 0 Å². The minimum Gasteiger partial charge on any atom is -0.320 e. The first kappa shape index (κ1) is 12.7. The van der Waals surface area contributed by atoms with Gasteiger partial charge in [-0.15, -0.1) is 11.8 Å². The van der Waals surface area contributed by atoms with Gasteiger partial charge in [-0.25, -0.2) is 0 Å². The second-order valence-electron chi connectivity index (χ2n) is 3.72. The molecule has 0 aliphatic heterocycles. The number of hydrogen-bond donors (Lipinski definition) is 1. The number of thioether (sulfide) groups is 1. The zero-order valence-corrected chi connectivity index (χ0v) is 11.2. The maximum atomic E-state index is 12.1. The van der Waals surface area contributed by atoms with E-state index in [9.17, 15) is 4.79 Å². The molecule has 0 radical (unpaired) electrons. The average Bonchev–Trinajstić information content (AvgIpc) is 2.78. The minimum absolute atomic E-state index is 0.140. The van der Waals surface area contributed by atoms with E-state index in [2.05, 4.69) is 17.3 Å². The number of benzene rings is 1. The van der Waals surface area contributed by atoms with Crippen molar-refractivity contribution in [2.45, 2.75) is 11.8 Å². The lowest BCUT2D eigenvalue weighted by atomic mass is 10.3. The fraction of sp³-hybridized carbons (Fsp3) is 0.231. The Morgan fingerprint density at radius 2 is 2.17 bits per heavy atom. The molecular formula is C13H15N3OS. The van der Waals surface area contributed by atoms with E-state index in [0.717, 1.165) is 16.3 Å². The van der Waals surface area contributed by atoms with Crippen LogP contribution in [0, 0.1) is 0 Å². The molecule has 5 heteroatoms. The third-order valence-corrected chi connectivity index (χ3v) is 3.44. The Bertz CT molecular complexity index is 551. The summed E-state index contributed by atoms with van der Waals surface area (Å²) in [6.07, 6.45) is 1.61. The fourth-order valence-electron chi connectivity index (χ4n) is 1.63. The van der Waals surface area contributed by atoms with Crippen LogP contribution in [0.15, 0.2) is 41.4 Å². The quantitative estimate of drug-likeness (QED) is 0.861. The number of nitrogens with zero attached hydrogens (tertiary/aromatic N) is 2. The van der Waals surface area contributed by atoms with Crippen LogP contribution >= 0.6 is 11.8 Å². The standard InChI is InChI=1S/C13H15N3OS/c1-3-18-12-7-5-4-6-10(12)15-13(17)11-8-9-14-16(11)2/h4-9H,3H2,1-2H3,(H,15,17). The molecule has 1 aromatic carbocycles. The molecule has 0 saturated carbocycles. The first-order chi connectivity index (χ1) is 8.72. The van der Waals surface area contributed by atoms with Crippen molar-refractivity contribution in [1.82, 2.24) is 9.78 Å². The molecule has 0 atom stereocenters. The van der Waals surface area contributed by atoms with Crippen LogP contribution < -0.4 is 5.32 Å². The maximum Gasteiger partial charge on any atom is 0.273 e. The van der Waals surface area contributed by atoms with Crippen molar-refractivity contribution in [3.05, 3.63) is 42.2 Å². The molecule has 0 aliphatic carbocycles. The molecule has 0 saturated heterocycles. The monoisotopic (exact) mass is 261 g/mol. The predicted molar refractivity (Wildman–Crippen MR) is 74.0 cm³/mol. The molecule has 2 aromatic rings. The number of carbonyl (C=O) groups is 1. The number of anilines is 1. The van der Waals surface area contributed by atoms with E-state index in [4.69, 9.17) is 0 Å². The lowest BCUT2D eigenvalue weighted by Crippen LogP contribution is -2.16. The Hall–Kier alpha value is -1.75. The van der Waals surface area contributed by atoms with Crippen molar-refractivity contribution in [3.63, 3.8) is 0 Å². The van der Waals surface area contributed by atoms with E-state index in [-0.39, 0.29) is 5.91 Å². The Morgan fingerprint density at radius 3 is 2.83 bits per heavy atom. The highest BCUT2D eigenvalue weighted by atomic mass is 32.2. The zero-order chi connectivity index (χ0) is 13.0. The van der Waals surface area contributed by atoms with Gasteiger partial charge in [0.25, 0.3) is 5.91 Å². The van der Waals surface area contributed by atoms with Crippen LogP contribution in [0.5, 0.6) is 0 Å². The van der Waals surface area contributed by atoms with E-state index in [1.54, 1.807) is 35.8 Å². The van der Waals surface area contributed by atoms with Gasteiger partial charge in [0.2, 0.25) is 0 Å². The van der Waals surface area contributed by atoms with Crippen molar-refractivity contribution < 1.29 is 4.79 Å². The van der Waals surface area contributed by atoms with E-state index in [0.29, 0.717) is 5.69 Å². The van der Waals surface area contributed by atoms with Crippen molar-refractivity contribution >= 4 is 23.4 Å². The summed E-state index contributed by atoms with van der Waals surface area (Å²) >= 11 is 1.71. The minimum atomic E-state index is -0.140. The highest BCUT2D eigenvalue weighted by Crippen LogP contribution is 2.26. The molecule has 0 bridgehead atoms. The molecule has 0 unspecified atom stereocenters. The molecule has 1 heterocycles. The van der Waals surface area contributed by atoms with E-state index in [1.807, 2.05) is 24.3 Å². The molecule has 2 rings (SSSR count). The summed E-state index contributed by atoms with van der Waals surface area (Å²) in [5, 5.41) is 6.91. The van der Waals surface area contributed by atoms with Crippen LogP contribution in [-0.4, -0.2) is 21.4 Å². The number of hydrogen-bond acceptors (Lipinski definition) is 3. The highest BCUT2D eigenvalue weighted by Gasteiger charge is 2.11. The van der Waals surface area contributed by atoms with Gasteiger partial charge in [0, 0.05) is 18.1 Å². The molecule has 0 fully saturated rings. The number of rotatable bonds is 4. The summed E-state index contributed by atoms with van der Waals surface area (Å²) in [6.45, 7) is 2.09. The number of nitrogens with one attached hydrogen (secondary N) is 1. The van der Waals surface area contributed by atoms with Gasteiger partial charge >= 0.3 is 0 Å². The SMILES string of the molecule is CCSc1ccccc1NC(=O)c1ccnn1C. The summed E-state index contributed by atoms with van der Waals surface area (Å²) in [5.41, 5.74) is 1.39. The van der Waals surface area contributed by atoms with Crippen LogP contribution in [0.3, 0.4) is 0 Å². The number of aromatic nitrogens is 2. The van der Waals surface area contributed by atoms with Crippen LogP contribution in [0.25, 0.3) is 0 Å². The molecule has 0 aliphatic rings. The smallest absolute Gasteiger partial charge is 0.273 e. The molecular weight excluding hydrogens is 246 g/mol. The van der Waals surface area contributed by atoms with Gasteiger partial charge in [-0.1, -0.05) is 19.1 Å². The summed E-state index contributed by atoms with van der Waals surface area (Å²) in [4.78, 5) is 13.2. The van der Waals surface area contributed by atoms with Crippen LogP contribution in [0.4, 0.5) is 5.69 Å². The third-order valence-electron chi connectivity index (χ3n) is 2.49. The molecule has 1 N–H and O–H groups in total. The van der Waals surface area contributed by atoms with Gasteiger partial charge in [0.15, 0.2) is 0 Å². The molecule has 94 valence electrons. The Labute approximate surface area is 110 Å². The lowest BCUT2D eigenvalue weighted by Gasteiger charge is -2.09. The number of para-hydroxylation sites is 1.